The lowest BCUT2D eigenvalue weighted by Gasteiger charge is -2.17. The molecule has 4 rings (SSSR count). The van der Waals surface area contributed by atoms with Crippen LogP contribution >= 0.6 is 0 Å². The van der Waals surface area contributed by atoms with Gasteiger partial charge in [0.05, 0.1) is 20.8 Å². The minimum atomic E-state index is -3.80. The molecular weight excluding hydrogens is 458 g/mol. The van der Waals surface area contributed by atoms with Crippen molar-refractivity contribution < 1.29 is 21.0 Å². The Morgan fingerprint density at radius 3 is 2.15 bits per heavy atom. The van der Waals surface area contributed by atoms with Gasteiger partial charge in [0.1, 0.15) is 0 Å². The molecule has 6 nitrogen and oxygen atoms in total. The van der Waals surface area contributed by atoms with E-state index in [9.17, 15) is 16.8 Å². The molecule has 1 fully saturated rings. The third-order valence-electron chi connectivity index (χ3n) is 5.82. The maximum absolute atomic E-state index is 12.9. The summed E-state index contributed by atoms with van der Waals surface area (Å²) in [6.45, 7) is 5.48. The lowest BCUT2D eigenvalue weighted by atomic mass is 10.2. The number of hydrogen-bond donors (Lipinski definition) is 0. The number of likely N-dealkylation sites (tertiary alicyclic amines) is 1. The van der Waals surface area contributed by atoms with Gasteiger partial charge in [-0.15, -0.1) is 0 Å². The third-order valence-corrected chi connectivity index (χ3v) is 9.13. The first-order chi connectivity index (χ1) is 15.6. The molecule has 0 aliphatic carbocycles. The molecule has 1 saturated heterocycles. The molecule has 1 atom stereocenters. The zero-order valence-corrected chi connectivity index (χ0v) is 20.3. The SMILES string of the molecule is Cc1ccc(S(=O)(=O)O[C@H]2CCN(Cc3ccc(S(=O)(=O)c4ccccc4C)cc3)C2)cc1. The molecule has 3 aromatic carbocycles. The first kappa shape index (κ1) is 23.6. The van der Waals surface area contributed by atoms with E-state index < -0.39 is 26.1 Å². The molecule has 0 radical (unpaired) electrons. The smallest absolute Gasteiger partial charge is 0.296 e. The average Bonchev–Trinajstić information content (AvgIpc) is 3.20. The normalized spacial score (nSPS) is 17.3. The monoisotopic (exact) mass is 485 g/mol. The molecule has 1 heterocycles. The molecule has 0 N–H and O–H groups in total. The molecule has 0 aromatic heterocycles. The van der Waals surface area contributed by atoms with E-state index in [-0.39, 0.29) is 9.79 Å². The Morgan fingerprint density at radius 1 is 0.848 bits per heavy atom. The Morgan fingerprint density at radius 2 is 1.48 bits per heavy atom. The molecule has 0 amide bonds. The van der Waals surface area contributed by atoms with E-state index in [0.717, 1.165) is 11.1 Å². The number of hydrogen-bond acceptors (Lipinski definition) is 6. The molecule has 1 aliphatic heterocycles. The van der Waals surface area contributed by atoms with E-state index in [1.54, 1.807) is 61.5 Å². The van der Waals surface area contributed by atoms with Gasteiger partial charge in [0.15, 0.2) is 0 Å². The van der Waals surface area contributed by atoms with Crippen LogP contribution in [-0.2, 0) is 30.7 Å². The minimum absolute atomic E-state index is 0.164. The lowest BCUT2D eigenvalue weighted by Crippen LogP contribution is -2.25. The van der Waals surface area contributed by atoms with Crippen molar-refractivity contribution in [3.05, 3.63) is 89.5 Å². The van der Waals surface area contributed by atoms with Crippen molar-refractivity contribution in [2.24, 2.45) is 0 Å². The Balaban J connectivity index is 1.39. The minimum Gasteiger partial charge on any atom is -0.296 e. The molecule has 33 heavy (non-hydrogen) atoms. The van der Waals surface area contributed by atoms with E-state index in [1.165, 1.54) is 0 Å². The number of rotatable bonds is 7. The quantitative estimate of drug-likeness (QED) is 0.469. The van der Waals surface area contributed by atoms with Crippen molar-refractivity contribution in [1.29, 1.82) is 0 Å². The lowest BCUT2D eigenvalue weighted by molar-refractivity contribution is 0.205. The molecule has 0 bridgehead atoms. The van der Waals surface area contributed by atoms with Gasteiger partial charge in [-0.25, -0.2) is 8.42 Å². The summed E-state index contributed by atoms with van der Waals surface area (Å²) in [5.74, 6) is 0. The summed E-state index contributed by atoms with van der Waals surface area (Å²) in [5.41, 5.74) is 2.66. The molecule has 3 aromatic rings. The predicted molar refractivity (Wildman–Crippen MR) is 126 cm³/mol. The van der Waals surface area contributed by atoms with Crippen molar-refractivity contribution in [2.75, 3.05) is 13.1 Å². The molecule has 8 heteroatoms. The van der Waals surface area contributed by atoms with Crippen LogP contribution in [0.15, 0.2) is 87.5 Å². The van der Waals surface area contributed by atoms with E-state index in [0.29, 0.717) is 36.5 Å². The Kier molecular flexibility index (Phi) is 6.72. The van der Waals surface area contributed by atoms with Crippen LogP contribution in [0.2, 0.25) is 0 Å². The third kappa shape index (κ3) is 5.35. The summed E-state index contributed by atoms with van der Waals surface area (Å²) in [4.78, 5) is 2.84. The molecule has 0 spiro atoms. The summed E-state index contributed by atoms with van der Waals surface area (Å²) < 4.78 is 56.4. The summed E-state index contributed by atoms with van der Waals surface area (Å²) in [6.07, 6.45) is 0.210. The number of sulfone groups is 1. The van der Waals surface area contributed by atoms with Crippen molar-refractivity contribution in [3.8, 4) is 0 Å². The van der Waals surface area contributed by atoms with Gasteiger partial charge in [0, 0.05) is 19.6 Å². The van der Waals surface area contributed by atoms with Gasteiger partial charge < -0.3 is 0 Å². The van der Waals surface area contributed by atoms with Crippen LogP contribution in [0.25, 0.3) is 0 Å². The zero-order valence-electron chi connectivity index (χ0n) is 18.6. The number of nitrogens with zero attached hydrogens (tertiary/aromatic N) is 1. The van der Waals surface area contributed by atoms with Gasteiger partial charge in [-0.05, 0) is 61.7 Å². The van der Waals surface area contributed by atoms with Gasteiger partial charge in [0.25, 0.3) is 10.1 Å². The van der Waals surface area contributed by atoms with E-state index in [4.69, 9.17) is 4.18 Å². The second-order valence-corrected chi connectivity index (χ2v) is 11.9. The van der Waals surface area contributed by atoms with Crippen LogP contribution in [0.5, 0.6) is 0 Å². The van der Waals surface area contributed by atoms with Gasteiger partial charge in [-0.1, -0.05) is 48.0 Å². The van der Waals surface area contributed by atoms with Crippen LogP contribution in [0, 0.1) is 13.8 Å². The number of aryl methyl sites for hydroxylation is 2. The highest BCUT2D eigenvalue weighted by Gasteiger charge is 2.29. The highest BCUT2D eigenvalue weighted by molar-refractivity contribution is 7.91. The van der Waals surface area contributed by atoms with Crippen molar-refractivity contribution in [2.45, 2.75) is 47.6 Å². The molecule has 0 saturated carbocycles. The van der Waals surface area contributed by atoms with Crippen LogP contribution in [0.3, 0.4) is 0 Å². The second kappa shape index (κ2) is 9.38. The molecule has 174 valence electrons. The summed E-state index contributed by atoms with van der Waals surface area (Å²) >= 11 is 0. The van der Waals surface area contributed by atoms with Gasteiger partial charge in [0.2, 0.25) is 9.84 Å². The second-order valence-electron chi connectivity index (χ2n) is 8.42. The Bertz CT molecular complexity index is 1330. The highest BCUT2D eigenvalue weighted by Crippen LogP contribution is 2.25. The predicted octanol–water partition coefficient (Wildman–Crippen LogP) is 4.12. The van der Waals surface area contributed by atoms with E-state index >= 15 is 0 Å². The van der Waals surface area contributed by atoms with Crippen LogP contribution in [0.1, 0.15) is 23.1 Å². The number of benzene rings is 3. The Hall–Kier alpha value is -2.52. The Labute approximate surface area is 195 Å². The fourth-order valence-corrected chi connectivity index (χ4v) is 6.57. The van der Waals surface area contributed by atoms with E-state index in [2.05, 4.69) is 4.90 Å². The molecular formula is C25H27NO5S2. The fourth-order valence-electron chi connectivity index (χ4n) is 3.98. The van der Waals surface area contributed by atoms with E-state index in [1.807, 2.05) is 25.1 Å². The first-order valence-corrected chi connectivity index (χ1v) is 13.7. The maximum atomic E-state index is 12.9. The maximum Gasteiger partial charge on any atom is 0.297 e. The molecule has 1 aliphatic rings. The standard InChI is InChI=1S/C25H27NO5S2/c1-19-7-11-24(12-8-19)33(29,30)31-22-15-16-26(18-22)17-21-9-13-23(14-10-21)32(27,28)25-6-4-3-5-20(25)2/h3-14,22H,15-18H2,1-2H3/t22-/m0/s1. The first-order valence-electron chi connectivity index (χ1n) is 10.8. The fraction of sp³-hybridized carbons (Fsp3) is 0.280. The van der Waals surface area contributed by atoms with Crippen LogP contribution in [-0.4, -0.2) is 40.9 Å². The van der Waals surface area contributed by atoms with Crippen LogP contribution < -0.4 is 0 Å². The average molecular weight is 486 g/mol. The highest BCUT2D eigenvalue weighted by atomic mass is 32.2. The zero-order chi connectivity index (χ0) is 23.6. The summed E-state index contributed by atoms with van der Waals surface area (Å²) in [7, 11) is -7.37. The van der Waals surface area contributed by atoms with Gasteiger partial charge >= 0.3 is 0 Å². The molecule has 0 unspecified atom stereocenters. The topological polar surface area (TPSA) is 80.8 Å². The summed E-state index contributed by atoms with van der Waals surface area (Å²) in [5, 5.41) is 0. The summed E-state index contributed by atoms with van der Waals surface area (Å²) in [6, 6.07) is 20.4. The van der Waals surface area contributed by atoms with Crippen molar-refractivity contribution in [3.63, 3.8) is 0 Å². The van der Waals surface area contributed by atoms with Crippen molar-refractivity contribution >= 4 is 20.0 Å². The largest absolute Gasteiger partial charge is 0.297 e. The van der Waals surface area contributed by atoms with Crippen LogP contribution in [0.4, 0.5) is 0 Å². The van der Waals surface area contributed by atoms with Gasteiger partial charge in [-0.3, -0.25) is 9.08 Å². The van der Waals surface area contributed by atoms with Gasteiger partial charge in [-0.2, -0.15) is 8.42 Å². The van der Waals surface area contributed by atoms with Crippen molar-refractivity contribution in [1.82, 2.24) is 4.90 Å².